The summed E-state index contributed by atoms with van der Waals surface area (Å²) < 4.78 is 7.89. The third-order valence-corrected chi connectivity index (χ3v) is 5.32. The summed E-state index contributed by atoms with van der Waals surface area (Å²) in [6.07, 6.45) is 0.507. The maximum absolute atomic E-state index is 12.3. The molecule has 29 heavy (non-hydrogen) atoms. The fraction of sp³-hybridized carbons (Fsp3) is 0.238. The highest BCUT2D eigenvalue weighted by Crippen LogP contribution is 2.23. The number of fused-ring (bicyclic) bond motifs is 1. The van der Waals surface area contributed by atoms with Crippen molar-refractivity contribution in [1.29, 1.82) is 0 Å². The minimum absolute atomic E-state index is 0.231. The van der Waals surface area contributed by atoms with E-state index in [-0.39, 0.29) is 5.92 Å². The third kappa shape index (κ3) is 3.93. The van der Waals surface area contributed by atoms with Gasteiger partial charge < -0.3 is 14.1 Å². The number of hydrogen-bond donors (Lipinski definition) is 1. The number of H-pyrrole nitrogens is 1. The van der Waals surface area contributed by atoms with E-state index in [0.717, 1.165) is 10.0 Å². The summed E-state index contributed by atoms with van der Waals surface area (Å²) in [5.74, 6) is 1.15. The van der Waals surface area contributed by atoms with Crippen LogP contribution in [0.25, 0.3) is 22.4 Å². The molecule has 148 valence electrons. The van der Waals surface area contributed by atoms with Crippen LogP contribution in [0, 0.1) is 5.92 Å². The van der Waals surface area contributed by atoms with Crippen molar-refractivity contribution in [2.75, 3.05) is 0 Å². The van der Waals surface area contributed by atoms with Gasteiger partial charge in [0.1, 0.15) is 0 Å². The Morgan fingerprint density at radius 2 is 1.97 bits per heavy atom. The number of rotatable bonds is 5. The minimum atomic E-state index is -0.641. The molecule has 0 aliphatic heterocycles. The Hall–Kier alpha value is -3.00. The van der Waals surface area contributed by atoms with Crippen LogP contribution in [0.5, 0.6) is 0 Å². The highest BCUT2D eigenvalue weighted by Gasteiger charge is 2.14. The molecule has 4 rings (SSSR count). The van der Waals surface area contributed by atoms with Gasteiger partial charge in [0.2, 0.25) is 11.7 Å². The first kappa shape index (κ1) is 19.3. The van der Waals surface area contributed by atoms with Crippen molar-refractivity contribution >= 4 is 27.0 Å². The van der Waals surface area contributed by atoms with Crippen LogP contribution >= 0.6 is 15.9 Å². The molecule has 0 atom stereocenters. The number of aromatic amines is 1. The molecule has 0 bridgehead atoms. The van der Waals surface area contributed by atoms with Crippen molar-refractivity contribution in [3.63, 3.8) is 0 Å². The number of benzene rings is 2. The SMILES string of the molecule is CC(C)Cn1c(=O)c(=O)[nH]c2cc(-c3noc(Cc4ccccc4Br)n3)ccc21. The van der Waals surface area contributed by atoms with Crippen molar-refractivity contribution < 1.29 is 4.52 Å². The summed E-state index contributed by atoms with van der Waals surface area (Å²) in [5, 5.41) is 4.07. The summed E-state index contributed by atoms with van der Waals surface area (Å²) in [6, 6.07) is 13.2. The van der Waals surface area contributed by atoms with Gasteiger partial charge in [-0.3, -0.25) is 9.59 Å². The quantitative estimate of drug-likeness (QED) is 0.463. The van der Waals surface area contributed by atoms with E-state index in [4.69, 9.17) is 4.52 Å². The molecule has 0 saturated heterocycles. The Labute approximate surface area is 174 Å². The second-order valence-electron chi connectivity index (χ2n) is 7.28. The Balaban J connectivity index is 1.71. The number of halogens is 1. The summed E-state index contributed by atoms with van der Waals surface area (Å²) in [7, 11) is 0. The smallest absolute Gasteiger partial charge is 0.316 e. The molecule has 0 fully saturated rings. The van der Waals surface area contributed by atoms with Crippen LogP contribution in [-0.2, 0) is 13.0 Å². The van der Waals surface area contributed by atoms with Gasteiger partial charge in [0.25, 0.3) is 0 Å². The van der Waals surface area contributed by atoms with Crippen LogP contribution in [0.4, 0.5) is 0 Å². The lowest BCUT2D eigenvalue weighted by atomic mass is 10.1. The lowest BCUT2D eigenvalue weighted by Gasteiger charge is -2.12. The Kier molecular flexibility index (Phi) is 5.19. The lowest BCUT2D eigenvalue weighted by molar-refractivity contribution is 0.385. The van der Waals surface area contributed by atoms with Crippen molar-refractivity contribution in [2.45, 2.75) is 26.8 Å². The molecule has 8 heteroatoms. The van der Waals surface area contributed by atoms with Crippen LogP contribution in [0.2, 0.25) is 0 Å². The van der Waals surface area contributed by atoms with Crippen molar-refractivity contribution in [1.82, 2.24) is 19.7 Å². The summed E-state index contributed by atoms with van der Waals surface area (Å²) in [6.45, 7) is 4.47. The molecule has 1 N–H and O–H groups in total. The average Bonchev–Trinajstić information content (AvgIpc) is 3.15. The van der Waals surface area contributed by atoms with E-state index in [0.29, 0.717) is 41.3 Å². The second kappa shape index (κ2) is 7.79. The fourth-order valence-electron chi connectivity index (χ4n) is 3.21. The summed E-state index contributed by atoms with van der Waals surface area (Å²) in [5.41, 5.74) is 1.79. The molecule has 0 aliphatic rings. The predicted octanol–water partition coefficient (Wildman–Crippen LogP) is 3.75. The van der Waals surface area contributed by atoms with Crippen LogP contribution in [0.1, 0.15) is 25.3 Å². The predicted molar refractivity (Wildman–Crippen MR) is 114 cm³/mol. The highest BCUT2D eigenvalue weighted by molar-refractivity contribution is 9.10. The van der Waals surface area contributed by atoms with E-state index in [1.165, 1.54) is 4.57 Å². The summed E-state index contributed by atoms with van der Waals surface area (Å²) >= 11 is 3.52. The van der Waals surface area contributed by atoms with Crippen LogP contribution in [0.15, 0.2) is 61.0 Å². The first-order valence-corrected chi connectivity index (χ1v) is 10.0. The second-order valence-corrected chi connectivity index (χ2v) is 8.13. The van der Waals surface area contributed by atoms with E-state index in [1.807, 2.05) is 44.2 Å². The molecule has 0 saturated carbocycles. The van der Waals surface area contributed by atoms with Gasteiger partial charge in [0, 0.05) is 16.6 Å². The van der Waals surface area contributed by atoms with E-state index < -0.39 is 11.1 Å². The Morgan fingerprint density at radius 1 is 1.17 bits per heavy atom. The topological polar surface area (TPSA) is 93.8 Å². The maximum atomic E-state index is 12.3. The largest absolute Gasteiger partial charge is 0.339 e. The lowest BCUT2D eigenvalue weighted by Crippen LogP contribution is -2.37. The Bertz CT molecular complexity index is 1300. The molecular weight excluding hydrogens is 436 g/mol. The van der Waals surface area contributed by atoms with Crippen LogP contribution in [0.3, 0.4) is 0 Å². The van der Waals surface area contributed by atoms with E-state index in [1.54, 1.807) is 12.1 Å². The molecule has 2 heterocycles. The number of nitrogens with one attached hydrogen (secondary N) is 1. The Morgan fingerprint density at radius 3 is 2.72 bits per heavy atom. The van der Waals surface area contributed by atoms with Crippen molar-refractivity contribution in [3.8, 4) is 11.4 Å². The first-order valence-electron chi connectivity index (χ1n) is 9.25. The molecular formula is C21H19BrN4O3. The molecule has 0 spiro atoms. The molecule has 7 nitrogen and oxygen atoms in total. The van der Waals surface area contributed by atoms with Gasteiger partial charge in [0.05, 0.1) is 17.5 Å². The molecule has 0 radical (unpaired) electrons. The zero-order valence-corrected chi connectivity index (χ0v) is 17.6. The van der Waals surface area contributed by atoms with E-state index >= 15 is 0 Å². The number of aromatic nitrogens is 4. The zero-order valence-electron chi connectivity index (χ0n) is 16.0. The standard InChI is InChI=1S/C21H19BrN4O3/c1-12(2)11-26-17-8-7-14(9-16(17)23-20(27)21(26)28)19-24-18(29-25-19)10-13-5-3-4-6-15(13)22/h3-9,12H,10-11H2,1-2H3,(H,23,27). The highest BCUT2D eigenvalue weighted by atomic mass is 79.9. The van der Waals surface area contributed by atoms with Crippen LogP contribution < -0.4 is 11.1 Å². The fourth-order valence-corrected chi connectivity index (χ4v) is 3.64. The molecule has 2 aromatic carbocycles. The minimum Gasteiger partial charge on any atom is -0.339 e. The third-order valence-electron chi connectivity index (χ3n) is 4.55. The maximum Gasteiger partial charge on any atom is 0.316 e. The first-order chi connectivity index (χ1) is 13.9. The van der Waals surface area contributed by atoms with Gasteiger partial charge in [-0.1, -0.05) is 53.1 Å². The normalized spacial score (nSPS) is 11.4. The number of hydrogen-bond acceptors (Lipinski definition) is 5. The average molecular weight is 455 g/mol. The van der Waals surface area contributed by atoms with Gasteiger partial charge in [0.15, 0.2) is 0 Å². The van der Waals surface area contributed by atoms with Crippen molar-refractivity contribution in [3.05, 3.63) is 79.1 Å². The van der Waals surface area contributed by atoms with Gasteiger partial charge in [-0.25, -0.2) is 0 Å². The molecule has 0 amide bonds. The monoisotopic (exact) mass is 454 g/mol. The molecule has 2 aromatic heterocycles. The van der Waals surface area contributed by atoms with Gasteiger partial charge in [-0.05, 0) is 35.7 Å². The molecule has 4 aromatic rings. The zero-order chi connectivity index (χ0) is 20.5. The number of nitrogens with zero attached hydrogens (tertiary/aromatic N) is 3. The van der Waals surface area contributed by atoms with E-state index in [9.17, 15) is 9.59 Å². The van der Waals surface area contributed by atoms with Gasteiger partial charge in [-0.2, -0.15) is 4.98 Å². The molecule has 0 aliphatic carbocycles. The summed E-state index contributed by atoms with van der Waals surface area (Å²) in [4.78, 5) is 31.5. The van der Waals surface area contributed by atoms with Crippen LogP contribution in [-0.4, -0.2) is 19.7 Å². The van der Waals surface area contributed by atoms with Crippen molar-refractivity contribution in [2.24, 2.45) is 5.92 Å². The van der Waals surface area contributed by atoms with E-state index in [2.05, 4.69) is 31.1 Å². The van der Waals surface area contributed by atoms with Gasteiger partial charge >= 0.3 is 11.1 Å². The van der Waals surface area contributed by atoms with Gasteiger partial charge in [-0.15, -0.1) is 0 Å². The molecule has 0 unspecified atom stereocenters.